The number of carbonyl (C=O) groups is 2. The maximum atomic E-state index is 13.4. The number of nitrogens with one attached hydrogen (secondary N) is 1. The Kier molecular flexibility index (Phi) is 5.25. The molecule has 1 atom stereocenters. The number of halogens is 1. The Morgan fingerprint density at radius 1 is 1.57 bits per heavy atom. The summed E-state index contributed by atoms with van der Waals surface area (Å²) >= 11 is 0. The number of carbonyl (C=O) groups excluding carboxylic acids is 2. The van der Waals surface area contributed by atoms with Gasteiger partial charge in [-0.2, -0.15) is 0 Å². The van der Waals surface area contributed by atoms with Crippen LogP contribution in [0.2, 0.25) is 0 Å². The Labute approximate surface area is 123 Å². The minimum atomic E-state index is -0.474. The van der Waals surface area contributed by atoms with E-state index in [0.717, 1.165) is 13.0 Å². The predicted octanol–water partition coefficient (Wildman–Crippen LogP) is 1.14. The molecule has 1 aliphatic rings. The standard InChI is InChI=1S/C15H20FN3O2/c1-2-6-19-10-11(7-15(19)21)9-18-14(20)8-13-12(16)4-3-5-17-13/h3-5,11H,2,6-10H2,1H3,(H,18,20). The van der Waals surface area contributed by atoms with Crippen molar-refractivity contribution in [3.63, 3.8) is 0 Å². The molecule has 0 aliphatic carbocycles. The molecule has 0 bridgehead atoms. The van der Waals surface area contributed by atoms with Gasteiger partial charge in [0.15, 0.2) is 0 Å². The maximum absolute atomic E-state index is 13.4. The van der Waals surface area contributed by atoms with Crippen molar-refractivity contribution < 1.29 is 14.0 Å². The van der Waals surface area contributed by atoms with E-state index < -0.39 is 5.82 Å². The fourth-order valence-electron chi connectivity index (χ4n) is 2.50. The van der Waals surface area contributed by atoms with Gasteiger partial charge in [0.25, 0.3) is 0 Å². The number of likely N-dealkylation sites (tertiary alicyclic amines) is 1. The Balaban J connectivity index is 1.77. The van der Waals surface area contributed by atoms with Gasteiger partial charge in [-0.3, -0.25) is 14.6 Å². The van der Waals surface area contributed by atoms with Gasteiger partial charge in [0.1, 0.15) is 5.82 Å². The first-order valence-corrected chi connectivity index (χ1v) is 7.24. The average Bonchev–Trinajstić information content (AvgIpc) is 2.80. The van der Waals surface area contributed by atoms with E-state index in [4.69, 9.17) is 0 Å². The normalized spacial score (nSPS) is 18.1. The molecule has 6 heteroatoms. The van der Waals surface area contributed by atoms with Crippen LogP contribution in [-0.2, 0) is 16.0 Å². The lowest BCUT2D eigenvalue weighted by Crippen LogP contribution is -2.32. The van der Waals surface area contributed by atoms with Gasteiger partial charge in [-0.25, -0.2) is 4.39 Å². The second-order valence-corrected chi connectivity index (χ2v) is 5.32. The minimum absolute atomic E-state index is 0.0774. The third-order valence-corrected chi connectivity index (χ3v) is 3.54. The molecule has 0 radical (unpaired) electrons. The van der Waals surface area contributed by atoms with E-state index in [9.17, 15) is 14.0 Å². The Hall–Kier alpha value is -1.98. The van der Waals surface area contributed by atoms with Crippen molar-refractivity contribution in [3.05, 3.63) is 29.8 Å². The van der Waals surface area contributed by atoms with Crippen molar-refractivity contribution in [2.45, 2.75) is 26.2 Å². The summed E-state index contributed by atoms with van der Waals surface area (Å²) < 4.78 is 13.4. The zero-order chi connectivity index (χ0) is 15.2. The van der Waals surface area contributed by atoms with Gasteiger partial charge in [-0.15, -0.1) is 0 Å². The summed E-state index contributed by atoms with van der Waals surface area (Å²) in [4.78, 5) is 29.2. The molecule has 1 saturated heterocycles. The van der Waals surface area contributed by atoms with Gasteiger partial charge in [0.2, 0.25) is 11.8 Å². The van der Waals surface area contributed by atoms with Crippen molar-refractivity contribution in [2.75, 3.05) is 19.6 Å². The summed E-state index contributed by atoms with van der Waals surface area (Å²) in [5.41, 5.74) is 0.144. The van der Waals surface area contributed by atoms with Gasteiger partial charge in [0.05, 0.1) is 12.1 Å². The van der Waals surface area contributed by atoms with E-state index in [1.807, 2.05) is 11.8 Å². The molecule has 21 heavy (non-hydrogen) atoms. The van der Waals surface area contributed by atoms with E-state index in [1.165, 1.54) is 18.3 Å². The van der Waals surface area contributed by atoms with Crippen LogP contribution < -0.4 is 5.32 Å². The molecule has 2 amide bonds. The third kappa shape index (κ3) is 4.24. The summed E-state index contributed by atoms with van der Waals surface area (Å²) in [6.07, 6.45) is 2.79. The maximum Gasteiger partial charge on any atom is 0.226 e. The number of hydrogen-bond acceptors (Lipinski definition) is 3. The SMILES string of the molecule is CCCN1CC(CNC(=O)Cc2ncccc2F)CC1=O. The van der Waals surface area contributed by atoms with Crippen LogP contribution in [-0.4, -0.2) is 41.3 Å². The molecular formula is C15H20FN3O2. The smallest absolute Gasteiger partial charge is 0.226 e. The zero-order valence-corrected chi connectivity index (χ0v) is 12.1. The zero-order valence-electron chi connectivity index (χ0n) is 12.1. The first-order chi connectivity index (χ1) is 10.1. The summed E-state index contributed by atoms with van der Waals surface area (Å²) in [5, 5.41) is 2.76. The van der Waals surface area contributed by atoms with E-state index in [-0.39, 0.29) is 29.8 Å². The van der Waals surface area contributed by atoms with Crippen molar-refractivity contribution in [1.82, 2.24) is 15.2 Å². The molecule has 0 saturated carbocycles. The molecular weight excluding hydrogens is 273 g/mol. The molecule has 1 aliphatic heterocycles. The summed E-state index contributed by atoms with van der Waals surface area (Å²) in [5.74, 6) is -0.458. The van der Waals surface area contributed by atoms with Crippen LogP contribution in [0.3, 0.4) is 0 Å². The van der Waals surface area contributed by atoms with Crippen LogP contribution in [0.25, 0.3) is 0 Å². The fraction of sp³-hybridized carbons (Fsp3) is 0.533. The lowest BCUT2D eigenvalue weighted by Gasteiger charge is -2.15. The topological polar surface area (TPSA) is 62.3 Å². The second kappa shape index (κ2) is 7.15. The molecule has 0 aromatic carbocycles. The van der Waals surface area contributed by atoms with Crippen molar-refractivity contribution >= 4 is 11.8 Å². The molecule has 114 valence electrons. The molecule has 2 rings (SSSR count). The van der Waals surface area contributed by atoms with Gasteiger partial charge in [-0.05, 0) is 18.6 Å². The molecule has 2 heterocycles. The predicted molar refractivity (Wildman–Crippen MR) is 75.9 cm³/mol. The van der Waals surface area contributed by atoms with E-state index in [0.29, 0.717) is 19.5 Å². The molecule has 1 fully saturated rings. The quantitative estimate of drug-likeness (QED) is 0.855. The van der Waals surface area contributed by atoms with E-state index in [2.05, 4.69) is 10.3 Å². The summed E-state index contributed by atoms with van der Waals surface area (Å²) in [6, 6.07) is 2.77. The highest BCUT2D eigenvalue weighted by atomic mass is 19.1. The summed E-state index contributed by atoms with van der Waals surface area (Å²) in [6.45, 7) is 3.93. The van der Waals surface area contributed by atoms with Crippen molar-refractivity contribution in [2.24, 2.45) is 5.92 Å². The molecule has 5 nitrogen and oxygen atoms in total. The van der Waals surface area contributed by atoms with Crippen molar-refractivity contribution in [1.29, 1.82) is 0 Å². The highest BCUT2D eigenvalue weighted by Crippen LogP contribution is 2.17. The minimum Gasteiger partial charge on any atom is -0.355 e. The summed E-state index contributed by atoms with van der Waals surface area (Å²) in [7, 11) is 0. The monoisotopic (exact) mass is 293 g/mol. The number of rotatable bonds is 6. The number of amides is 2. The Morgan fingerprint density at radius 2 is 2.38 bits per heavy atom. The molecule has 1 aromatic rings. The molecule has 1 unspecified atom stereocenters. The first kappa shape index (κ1) is 15.4. The molecule has 1 N–H and O–H groups in total. The van der Waals surface area contributed by atoms with Crippen LogP contribution in [0.4, 0.5) is 4.39 Å². The number of hydrogen-bond donors (Lipinski definition) is 1. The van der Waals surface area contributed by atoms with Gasteiger partial charge < -0.3 is 10.2 Å². The third-order valence-electron chi connectivity index (χ3n) is 3.54. The van der Waals surface area contributed by atoms with Crippen LogP contribution in [0.1, 0.15) is 25.5 Å². The number of nitrogens with zero attached hydrogens (tertiary/aromatic N) is 2. The van der Waals surface area contributed by atoms with Crippen LogP contribution >= 0.6 is 0 Å². The lowest BCUT2D eigenvalue weighted by atomic mass is 10.1. The fourth-order valence-corrected chi connectivity index (χ4v) is 2.50. The Morgan fingerprint density at radius 3 is 3.10 bits per heavy atom. The first-order valence-electron chi connectivity index (χ1n) is 7.24. The highest BCUT2D eigenvalue weighted by molar-refractivity contribution is 5.80. The van der Waals surface area contributed by atoms with Crippen molar-refractivity contribution in [3.8, 4) is 0 Å². The molecule has 1 aromatic heterocycles. The number of aromatic nitrogens is 1. The van der Waals surface area contributed by atoms with Crippen LogP contribution in [0, 0.1) is 11.7 Å². The lowest BCUT2D eigenvalue weighted by molar-refractivity contribution is -0.127. The second-order valence-electron chi connectivity index (χ2n) is 5.32. The van der Waals surface area contributed by atoms with Gasteiger partial charge in [-0.1, -0.05) is 6.92 Å². The van der Waals surface area contributed by atoms with E-state index in [1.54, 1.807) is 0 Å². The van der Waals surface area contributed by atoms with Gasteiger partial charge in [0, 0.05) is 38.2 Å². The van der Waals surface area contributed by atoms with Gasteiger partial charge >= 0.3 is 0 Å². The average molecular weight is 293 g/mol. The van der Waals surface area contributed by atoms with Crippen LogP contribution in [0.15, 0.2) is 18.3 Å². The Bertz CT molecular complexity index is 521. The highest BCUT2D eigenvalue weighted by Gasteiger charge is 2.28. The van der Waals surface area contributed by atoms with Crippen LogP contribution in [0.5, 0.6) is 0 Å². The largest absolute Gasteiger partial charge is 0.355 e. The number of pyridine rings is 1. The molecule has 0 spiro atoms. The van der Waals surface area contributed by atoms with E-state index >= 15 is 0 Å².